The smallest absolute Gasteiger partial charge is 0.0726 e. The summed E-state index contributed by atoms with van der Waals surface area (Å²) in [4.78, 5) is 2.51. The molecule has 0 radical (unpaired) electrons. The minimum atomic E-state index is -0.434. The van der Waals surface area contributed by atoms with E-state index in [4.69, 9.17) is 0 Å². The number of para-hydroxylation sites is 1. The molecule has 65 heavy (non-hydrogen) atoms. The Balaban J connectivity index is 0.979. The van der Waals surface area contributed by atoms with Crippen LogP contribution >= 0.6 is 0 Å². The predicted octanol–water partition coefficient (Wildman–Crippen LogP) is 16.6. The molecule has 0 saturated carbocycles. The number of nitrogens with zero attached hydrogens (tertiary/aromatic N) is 2. The van der Waals surface area contributed by atoms with Crippen molar-refractivity contribution in [2.24, 2.45) is 0 Å². The van der Waals surface area contributed by atoms with E-state index in [2.05, 4.69) is 252 Å². The molecule has 12 aromatic rings. The van der Waals surface area contributed by atoms with Gasteiger partial charge in [0.1, 0.15) is 0 Å². The summed E-state index contributed by atoms with van der Waals surface area (Å²) in [5, 5.41) is 7.43. The van der Waals surface area contributed by atoms with Crippen molar-refractivity contribution in [3.05, 3.63) is 265 Å². The number of benzene rings is 11. The van der Waals surface area contributed by atoms with Crippen LogP contribution in [0.2, 0.25) is 0 Å². The van der Waals surface area contributed by atoms with Crippen LogP contribution in [0.5, 0.6) is 0 Å². The minimum Gasteiger partial charge on any atom is -0.309 e. The van der Waals surface area contributed by atoms with Crippen molar-refractivity contribution in [1.82, 2.24) is 4.57 Å². The monoisotopic (exact) mass is 824 g/mol. The zero-order chi connectivity index (χ0) is 42.6. The molecule has 14 rings (SSSR count). The molecule has 0 N–H and O–H groups in total. The molecule has 2 nitrogen and oxygen atoms in total. The first-order valence-corrected chi connectivity index (χ1v) is 22.6. The Morgan fingerprint density at radius 3 is 1.63 bits per heavy atom. The second-order valence-electron chi connectivity index (χ2n) is 17.6. The van der Waals surface area contributed by atoms with Gasteiger partial charge in [0.15, 0.2) is 0 Å². The summed E-state index contributed by atoms with van der Waals surface area (Å²) < 4.78 is 2.45. The van der Waals surface area contributed by atoms with Crippen molar-refractivity contribution < 1.29 is 0 Å². The summed E-state index contributed by atoms with van der Waals surface area (Å²) in [6, 6.07) is 90.0. The topological polar surface area (TPSA) is 8.17 Å². The molecule has 1 heterocycles. The lowest BCUT2D eigenvalue weighted by Gasteiger charge is -2.32. The van der Waals surface area contributed by atoms with E-state index in [-0.39, 0.29) is 0 Å². The zero-order valence-electron chi connectivity index (χ0n) is 35.5. The molecule has 0 amide bonds. The summed E-state index contributed by atoms with van der Waals surface area (Å²) in [5.41, 5.74) is 19.5. The van der Waals surface area contributed by atoms with Crippen LogP contribution in [0.3, 0.4) is 0 Å². The molecule has 0 fully saturated rings. The van der Waals surface area contributed by atoms with Crippen LogP contribution in [-0.4, -0.2) is 4.57 Å². The molecule has 11 aromatic carbocycles. The fourth-order valence-electron chi connectivity index (χ4n) is 11.7. The Bertz CT molecular complexity index is 3840. The number of fused-ring (bicyclic) bond motifs is 16. The Morgan fingerprint density at radius 1 is 0.338 bits per heavy atom. The second kappa shape index (κ2) is 13.8. The van der Waals surface area contributed by atoms with Crippen molar-refractivity contribution >= 4 is 60.4 Å². The number of rotatable bonds is 5. The van der Waals surface area contributed by atoms with Gasteiger partial charge in [-0.3, -0.25) is 0 Å². The molecular formula is C63H40N2. The van der Waals surface area contributed by atoms with Crippen LogP contribution in [0.15, 0.2) is 243 Å². The van der Waals surface area contributed by atoms with Crippen molar-refractivity contribution in [1.29, 1.82) is 0 Å². The summed E-state index contributed by atoms with van der Waals surface area (Å²) in [6.45, 7) is 0. The van der Waals surface area contributed by atoms with Crippen LogP contribution in [0.1, 0.15) is 22.3 Å². The van der Waals surface area contributed by atoms with Gasteiger partial charge in [0.05, 0.1) is 27.8 Å². The highest BCUT2D eigenvalue weighted by Gasteiger charge is 2.52. The van der Waals surface area contributed by atoms with Crippen molar-refractivity contribution in [3.8, 4) is 39.1 Å². The van der Waals surface area contributed by atoms with E-state index in [1.165, 1.54) is 105 Å². The standard InChI is InChI=1S/C63H40N2/c1-2-19-45(20-3-1)65-60-40-44(35-38-51(60)52-39-34-43-17-5-7-22-48(43)62(52)65)41-32-36-46(37-33-41)64(58-30-14-18-42-16-4-6-21-47(42)58)59-31-15-29-57-61(59)53-25-10-13-28-56(53)63(57)54-26-11-8-23-49(54)50-24-9-12-27-55(50)63/h1-40H. The van der Waals surface area contributed by atoms with Gasteiger partial charge in [0.25, 0.3) is 0 Å². The van der Waals surface area contributed by atoms with Crippen LogP contribution in [-0.2, 0) is 5.41 Å². The van der Waals surface area contributed by atoms with Gasteiger partial charge in [-0.25, -0.2) is 0 Å². The van der Waals surface area contributed by atoms with E-state index in [0.29, 0.717) is 0 Å². The van der Waals surface area contributed by atoms with Gasteiger partial charge >= 0.3 is 0 Å². The summed E-state index contributed by atoms with van der Waals surface area (Å²) in [6.07, 6.45) is 0. The summed E-state index contributed by atoms with van der Waals surface area (Å²) in [5.74, 6) is 0. The molecule has 0 aliphatic heterocycles. The summed E-state index contributed by atoms with van der Waals surface area (Å²) in [7, 11) is 0. The maximum Gasteiger partial charge on any atom is 0.0726 e. The van der Waals surface area contributed by atoms with Gasteiger partial charge in [-0.1, -0.05) is 200 Å². The van der Waals surface area contributed by atoms with Crippen molar-refractivity contribution in [2.75, 3.05) is 4.90 Å². The number of hydrogen-bond acceptors (Lipinski definition) is 1. The average Bonchev–Trinajstić information content (AvgIpc) is 3.99. The normalized spacial score (nSPS) is 13.0. The Hall–Kier alpha value is -8.46. The molecule has 0 unspecified atom stereocenters. The maximum absolute atomic E-state index is 2.51. The molecule has 302 valence electrons. The second-order valence-corrected chi connectivity index (χ2v) is 17.6. The Morgan fingerprint density at radius 2 is 0.877 bits per heavy atom. The fraction of sp³-hybridized carbons (Fsp3) is 0.0159. The summed E-state index contributed by atoms with van der Waals surface area (Å²) >= 11 is 0. The van der Waals surface area contributed by atoms with Crippen molar-refractivity contribution in [2.45, 2.75) is 5.41 Å². The van der Waals surface area contributed by atoms with E-state index >= 15 is 0 Å². The SMILES string of the molecule is c1ccc(-n2c3cc(-c4ccc(N(c5cccc6c5-c5ccccc5C65c6ccccc6-c6ccccc65)c5cccc6ccccc56)cc4)ccc3c3ccc4ccccc4c32)cc1. The van der Waals surface area contributed by atoms with E-state index in [1.807, 2.05) is 0 Å². The molecular weight excluding hydrogens is 785 g/mol. The Kier molecular flexibility index (Phi) is 7.64. The van der Waals surface area contributed by atoms with Gasteiger partial charge in [0, 0.05) is 38.5 Å². The van der Waals surface area contributed by atoms with E-state index in [0.717, 1.165) is 17.1 Å². The predicted molar refractivity (Wildman–Crippen MR) is 272 cm³/mol. The molecule has 0 atom stereocenters. The Labute approximate surface area is 377 Å². The highest BCUT2D eigenvalue weighted by atomic mass is 15.1. The molecule has 2 aliphatic carbocycles. The molecule has 2 heteroatoms. The van der Waals surface area contributed by atoms with Gasteiger partial charge in [-0.05, 0) is 103 Å². The molecule has 1 spiro atoms. The lowest BCUT2D eigenvalue weighted by Crippen LogP contribution is -2.26. The van der Waals surface area contributed by atoms with Gasteiger partial charge in [-0.2, -0.15) is 0 Å². The van der Waals surface area contributed by atoms with Gasteiger partial charge in [0.2, 0.25) is 0 Å². The van der Waals surface area contributed by atoms with Crippen LogP contribution in [0.4, 0.5) is 17.1 Å². The zero-order valence-corrected chi connectivity index (χ0v) is 35.5. The van der Waals surface area contributed by atoms with E-state index in [9.17, 15) is 0 Å². The first-order valence-electron chi connectivity index (χ1n) is 22.6. The first kappa shape index (κ1) is 36.1. The van der Waals surface area contributed by atoms with Gasteiger partial charge in [-0.15, -0.1) is 0 Å². The molecule has 0 saturated heterocycles. The van der Waals surface area contributed by atoms with Crippen molar-refractivity contribution in [3.63, 3.8) is 0 Å². The lowest BCUT2D eigenvalue weighted by atomic mass is 9.70. The number of hydrogen-bond donors (Lipinski definition) is 0. The van der Waals surface area contributed by atoms with E-state index < -0.39 is 5.41 Å². The van der Waals surface area contributed by atoms with Crippen LogP contribution in [0, 0.1) is 0 Å². The first-order chi connectivity index (χ1) is 32.3. The third kappa shape index (κ3) is 4.99. The minimum absolute atomic E-state index is 0.434. The molecule has 0 bridgehead atoms. The maximum atomic E-state index is 2.51. The third-order valence-corrected chi connectivity index (χ3v) is 14.4. The largest absolute Gasteiger partial charge is 0.309 e. The molecule has 2 aliphatic rings. The average molecular weight is 825 g/mol. The van der Waals surface area contributed by atoms with Crippen LogP contribution < -0.4 is 4.90 Å². The highest BCUT2D eigenvalue weighted by Crippen LogP contribution is 2.64. The quantitative estimate of drug-likeness (QED) is 0.168. The van der Waals surface area contributed by atoms with Crippen LogP contribution in [0.25, 0.3) is 82.4 Å². The third-order valence-electron chi connectivity index (χ3n) is 14.4. The fourth-order valence-corrected chi connectivity index (χ4v) is 11.7. The lowest BCUT2D eigenvalue weighted by molar-refractivity contribution is 0.794. The number of anilines is 3. The highest BCUT2D eigenvalue weighted by molar-refractivity contribution is 6.19. The molecule has 1 aromatic heterocycles. The number of aromatic nitrogens is 1. The van der Waals surface area contributed by atoms with Gasteiger partial charge < -0.3 is 9.47 Å². The van der Waals surface area contributed by atoms with E-state index in [1.54, 1.807) is 0 Å².